The molecule has 0 aromatic carbocycles. The molecule has 102 valence electrons. The summed E-state index contributed by atoms with van der Waals surface area (Å²) in [5, 5.41) is 12.1. The van der Waals surface area contributed by atoms with Crippen molar-refractivity contribution in [3.05, 3.63) is 23.7 Å². The lowest BCUT2D eigenvalue weighted by atomic mass is 10.1. The molecule has 1 heterocycles. The van der Waals surface area contributed by atoms with Crippen molar-refractivity contribution < 1.29 is 19.1 Å². The minimum atomic E-state index is -0.972. The van der Waals surface area contributed by atoms with Gasteiger partial charge in [0.1, 0.15) is 12.0 Å². The first kappa shape index (κ1) is 14.7. The second-order valence-electron chi connectivity index (χ2n) is 4.50. The predicted molar refractivity (Wildman–Crippen MR) is 67.6 cm³/mol. The van der Waals surface area contributed by atoms with E-state index in [1.807, 2.05) is 6.92 Å². The smallest absolute Gasteiger partial charge is 0.338 e. The van der Waals surface area contributed by atoms with Crippen LogP contribution in [0.15, 0.2) is 16.7 Å². The standard InChI is InChI=1S/C13H21NO4/c1-4-17-8-12(9(2)3)14-6-11-5-10(7-18-11)13(15)16/h5,7,9,12,14H,4,6,8H2,1-3H3,(H,15,16). The van der Waals surface area contributed by atoms with Crippen LogP contribution in [0.25, 0.3) is 0 Å². The Balaban J connectivity index is 2.47. The SMILES string of the molecule is CCOCC(NCc1cc(C(=O)O)co1)C(C)C. The van der Waals surface area contributed by atoms with Crippen molar-refractivity contribution in [1.29, 1.82) is 0 Å². The average molecular weight is 255 g/mol. The fourth-order valence-electron chi connectivity index (χ4n) is 1.55. The molecule has 5 heteroatoms. The fourth-order valence-corrected chi connectivity index (χ4v) is 1.55. The van der Waals surface area contributed by atoms with Crippen molar-refractivity contribution in [2.75, 3.05) is 13.2 Å². The molecule has 0 amide bonds. The lowest BCUT2D eigenvalue weighted by Crippen LogP contribution is -2.37. The molecule has 0 aliphatic rings. The van der Waals surface area contributed by atoms with Gasteiger partial charge in [0.2, 0.25) is 0 Å². The van der Waals surface area contributed by atoms with Crippen molar-refractivity contribution in [2.24, 2.45) is 5.92 Å². The molecule has 0 bridgehead atoms. The zero-order chi connectivity index (χ0) is 13.5. The van der Waals surface area contributed by atoms with Crippen LogP contribution < -0.4 is 5.32 Å². The lowest BCUT2D eigenvalue weighted by molar-refractivity contribution is 0.0696. The second-order valence-corrected chi connectivity index (χ2v) is 4.50. The molecule has 1 aromatic heterocycles. The molecule has 2 N–H and O–H groups in total. The number of carboxylic acids is 1. The third-order valence-electron chi connectivity index (χ3n) is 2.75. The Kier molecular flexibility index (Phi) is 5.88. The van der Waals surface area contributed by atoms with Gasteiger partial charge >= 0.3 is 5.97 Å². The Bertz CT molecular complexity index is 373. The molecule has 1 aromatic rings. The van der Waals surface area contributed by atoms with Crippen molar-refractivity contribution >= 4 is 5.97 Å². The van der Waals surface area contributed by atoms with Gasteiger partial charge in [0, 0.05) is 12.6 Å². The van der Waals surface area contributed by atoms with E-state index < -0.39 is 5.97 Å². The number of furan rings is 1. The largest absolute Gasteiger partial charge is 0.478 e. The van der Waals surface area contributed by atoms with Gasteiger partial charge in [-0.05, 0) is 18.9 Å². The van der Waals surface area contributed by atoms with Crippen LogP contribution in [0.5, 0.6) is 0 Å². The minimum Gasteiger partial charge on any atom is -0.478 e. The normalized spacial score (nSPS) is 12.9. The summed E-state index contributed by atoms with van der Waals surface area (Å²) in [6.07, 6.45) is 1.26. The third kappa shape index (κ3) is 4.50. The molecule has 0 radical (unpaired) electrons. The lowest BCUT2D eigenvalue weighted by Gasteiger charge is -2.21. The number of carboxylic acid groups (broad SMARTS) is 1. The number of aromatic carboxylic acids is 1. The van der Waals surface area contributed by atoms with E-state index in [9.17, 15) is 4.79 Å². The van der Waals surface area contributed by atoms with Crippen molar-refractivity contribution in [1.82, 2.24) is 5.32 Å². The minimum absolute atomic E-state index is 0.178. The van der Waals surface area contributed by atoms with Crippen molar-refractivity contribution in [2.45, 2.75) is 33.4 Å². The maximum absolute atomic E-state index is 10.7. The summed E-state index contributed by atoms with van der Waals surface area (Å²) in [4.78, 5) is 10.7. The zero-order valence-electron chi connectivity index (χ0n) is 11.1. The summed E-state index contributed by atoms with van der Waals surface area (Å²) < 4.78 is 10.6. The highest BCUT2D eigenvalue weighted by molar-refractivity contribution is 5.87. The van der Waals surface area contributed by atoms with Crippen LogP contribution in [0.1, 0.15) is 36.9 Å². The number of hydrogen-bond acceptors (Lipinski definition) is 4. The first-order valence-corrected chi connectivity index (χ1v) is 6.16. The number of ether oxygens (including phenoxy) is 1. The van der Waals surface area contributed by atoms with Crippen LogP contribution in [0, 0.1) is 5.92 Å². The van der Waals surface area contributed by atoms with Crippen LogP contribution in [0.4, 0.5) is 0 Å². The van der Waals surface area contributed by atoms with E-state index in [1.165, 1.54) is 12.3 Å². The molecular weight excluding hydrogens is 234 g/mol. The Hall–Kier alpha value is -1.33. The molecule has 0 spiro atoms. The predicted octanol–water partition coefficient (Wildman–Crippen LogP) is 2.13. The molecule has 1 rings (SSSR count). The average Bonchev–Trinajstić information content (AvgIpc) is 2.77. The van der Waals surface area contributed by atoms with E-state index >= 15 is 0 Å². The number of carbonyl (C=O) groups is 1. The molecule has 1 unspecified atom stereocenters. The van der Waals surface area contributed by atoms with Gasteiger partial charge in [-0.3, -0.25) is 0 Å². The highest BCUT2D eigenvalue weighted by Gasteiger charge is 2.14. The molecule has 0 saturated carbocycles. The van der Waals surface area contributed by atoms with Gasteiger partial charge in [0.15, 0.2) is 0 Å². The summed E-state index contributed by atoms with van der Waals surface area (Å²) in [5.41, 5.74) is 0.178. The Morgan fingerprint density at radius 2 is 2.28 bits per heavy atom. The van der Waals surface area contributed by atoms with Crippen molar-refractivity contribution in [3.63, 3.8) is 0 Å². The molecule has 0 aliphatic carbocycles. The highest BCUT2D eigenvalue weighted by atomic mass is 16.5. The van der Waals surface area contributed by atoms with Gasteiger partial charge in [-0.15, -0.1) is 0 Å². The summed E-state index contributed by atoms with van der Waals surface area (Å²) in [6.45, 7) is 8.02. The van der Waals surface area contributed by atoms with E-state index in [-0.39, 0.29) is 11.6 Å². The van der Waals surface area contributed by atoms with Gasteiger partial charge in [-0.2, -0.15) is 0 Å². The first-order valence-electron chi connectivity index (χ1n) is 6.16. The van der Waals surface area contributed by atoms with Gasteiger partial charge < -0.3 is 19.6 Å². The topological polar surface area (TPSA) is 71.7 Å². The number of rotatable bonds is 8. The monoisotopic (exact) mass is 255 g/mol. The maximum Gasteiger partial charge on any atom is 0.338 e. The van der Waals surface area contributed by atoms with Crippen LogP contribution in [-0.4, -0.2) is 30.3 Å². The second kappa shape index (κ2) is 7.18. The summed E-state index contributed by atoms with van der Waals surface area (Å²) >= 11 is 0. The van der Waals surface area contributed by atoms with Crippen LogP contribution in [-0.2, 0) is 11.3 Å². The third-order valence-corrected chi connectivity index (χ3v) is 2.75. The van der Waals surface area contributed by atoms with Gasteiger partial charge in [-0.1, -0.05) is 13.8 Å². The van der Waals surface area contributed by atoms with E-state index in [0.29, 0.717) is 31.4 Å². The fraction of sp³-hybridized carbons (Fsp3) is 0.615. The molecule has 18 heavy (non-hydrogen) atoms. The van der Waals surface area contributed by atoms with Gasteiger partial charge in [-0.25, -0.2) is 4.79 Å². The van der Waals surface area contributed by atoms with E-state index in [1.54, 1.807) is 0 Å². The quantitative estimate of drug-likeness (QED) is 0.744. The van der Waals surface area contributed by atoms with E-state index in [0.717, 1.165) is 0 Å². The number of nitrogens with one attached hydrogen (secondary N) is 1. The summed E-state index contributed by atoms with van der Waals surface area (Å²) in [5.74, 6) is 0.0831. The van der Waals surface area contributed by atoms with Crippen LogP contribution >= 0.6 is 0 Å². The Morgan fingerprint density at radius 3 is 2.78 bits per heavy atom. The molecule has 5 nitrogen and oxygen atoms in total. The summed E-state index contributed by atoms with van der Waals surface area (Å²) in [6, 6.07) is 1.76. The van der Waals surface area contributed by atoms with Crippen molar-refractivity contribution in [3.8, 4) is 0 Å². The maximum atomic E-state index is 10.7. The molecule has 0 saturated heterocycles. The van der Waals surface area contributed by atoms with Gasteiger partial charge in [0.25, 0.3) is 0 Å². The first-order chi connectivity index (χ1) is 8.54. The van der Waals surface area contributed by atoms with E-state index in [4.69, 9.17) is 14.3 Å². The van der Waals surface area contributed by atoms with Crippen LogP contribution in [0.3, 0.4) is 0 Å². The molecule has 0 aliphatic heterocycles. The highest BCUT2D eigenvalue weighted by Crippen LogP contribution is 2.09. The van der Waals surface area contributed by atoms with Gasteiger partial charge in [0.05, 0.1) is 18.7 Å². The zero-order valence-corrected chi connectivity index (χ0v) is 11.1. The molecule has 0 fully saturated rings. The van der Waals surface area contributed by atoms with Crippen LogP contribution in [0.2, 0.25) is 0 Å². The van der Waals surface area contributed by atoms with E-state index in [2.05, 4.69) is 19.2 Å². The number of hydrogen-bond donors (Lipinski definition) is 2. The summed E-state index contributed by atoms with van der Waals surface area (Å²) in [7, 11) is 0. The molecular formula is C13H21NO4. The Labute approximate surface area is 107 Å². The Morgan fingerprint density at radius 1 is 1.56 bits per heavy atom. The molecule has 1 atom stereocenters.